The Balaban J connectivity index is 1.35. The summed E-state index contributed by atoms with van der Waals surface area (Å²) in [5.41, 5.74) is 6.31. The number of carbonyl (C=O) groups is 1. The van der Waals surface area contributed by atoms with E-state index in [0.29, 0.717) is 13.0 Å². The molecule has 4 aromatic carbocycles. The van der Waals surface area contributed by atoms with Crippen molar-refractivity contribution in [2.24, 2.45) is 0 Å². The fourth-order valence-corrected chi connectivity index (χ4v) is 5.94. The number of amides is 1. The third-order valence-corrected chi connectivity index (χ3v) is 9.12. The number of likely N-dealkylation sites (N-methyl/N-ethyl adjacent to an activating group) is 1. The summed E-state index contributed by atoms with van der Waals surface area (Å²) < 4.78 is 11.1. The summed E-state index contributed by atoms with van der Waals surface area (Å²) in [6.07, 6.45) is -1.08. The summed E-state index contributed by atoms with van der Waals surface area (Å²) in [6, 6.07) is 33.0. The van der Waals surface area contributed by atoms with E-state index in [4.69, 9.17) is 44.3 Å². The Kier molecular flexibility index (Phi) is 12.0. The second-order valence-corrected chi connectivity index (χ2v) is 14.1. The molecule has 0 radical (unpaired) electrons. The van der Waals surface area contributed by atoms with Gasteiger partial charge in [0.15, 0.2) is 6.29 Å². The Morgan fingerprint density at radius 2 is 1.55 bits per heavy atom. The van der Waals surface area contributed by atoms with Crippen LogP contribution in [-0.2, 0) is 27.4 Å². The predicted octanol–water partition coefficient (Wildman–Crippen LogP) is 7.43. The highest BCUT2D eigenvalue weighted by Crippen LogP contribution is 2.39. The average Bonchev–Trinajstić information content (AvgIpc) is 3.10. The molecule has 0 aliphatic carbocycles. The Bertz CT molecular complexity index is 1600. The van der Waals surface area contributed by atoms with Crippen LogP contribution < -0.4 is 5.32 Å². The molecule has 47 heavy (non-hydrogen) atoms. The smallest absolute Gasteiger partial charge is 0.272 e. The molecule has 3 N–H and O–H groups in total. The van der Waals surface area contributed by atoms with Gasteiger partial charge in [0.25, 0.3) is 9.70 Å². The highest BCUT2D eigenvalue weighted by atomic mass is 35.6. The Morgan fingerprint density at radius 3 is 2.21 bits per heavy atom. The van der Waals surface area contributed by atoms with Gasteiger partial charge in [-0.3, -0.25) is 9.69 Å². The third-order valence-electron chi connectivity index (χ3n) is 8.61. The number of ether oxygens (including phenoxy) is 2. The van der Waals surface area contributed by atoms with E-state index in [-0.39, 0.29) is 31.4 Å². The largest absolute Gasteiger partial charge is 0.392 e. The van der Waals surface area contributed by atoms with Gasteiger partial charge in [0.05, 0.1) is 24.9 Å². The first-order chi connectivity index (χ1) is 22.5. The lowest BCUT2D eigenvalue weighted by Crippen LogP contribution is -2.43. The minimum Gasteiger partial charge on any atom is -0.392 e. The number of nitrogens with zero attached hydrogens (tertiary/aromatic N) is 1. The zero-order valence-corrected chi connectivity index (χ0v) is 28.5. The van der Waals surface area contributed by atoms with Gasteiger partial charge in [0.1, 0.15) is 0 Å². The van der Waals surface area contributed by atoms with Crippen molar-refractivity contribution in [2.45, 2.75) is 60.9 Å². The summed E-state index contributed by atoms with van der Waals surface area (Å²) in [5.74, 6) is -0.691. The van der Waals surface area contributed by atoms with Gasteiger partial charge in [0, 0.05) is 31.1 Å². The van der Waals surface area contributed by atoms with Gasteiger partial charge in [-0.1, -0.05) is 138 Å². The highest BCUT2D eigenvalue weighted by Gasteiger charge is 2.34. The lowest BCUT2D eigenvalue weighted by atomic mass is 9.97. The molecule has 5 atom stereocenters. The SMILES string of the molecule is C[C@@H]([C@H](O)c1ccccc1)N(C)C[C@@H]1C[C@H](c2ccc(CO)cc2)O[C@H](c2ccc(-c3ccccc3CNC(=O)C(Cl)(Cl)Cl)cc2)O1. The summed E-state index contributed by atoms with van der Waals surface area (Å²) in [7, 11) is 2.00. The van der Waals surface area contributed by atoms with E-state index in [1.54, 1.807) is 0 Å². The molecule has 0 unspecified atom stereocenters. The first-order valence-corrected chi connectivity index (χ1v) is 16.6. The molecule has 0 bridgehead atoms. The molecule has 1 fully saturated rings. The topological polar surface area (TPSA) is 91.3 Å². The maximum absolute atomic E-state index is 12.1. The number of benzene rings is 4. The molecule has 1 amide bonds. The molecule has 248 valence electrons. The number of carbonyl (C=O) groups excluding carboxylic acids is 1. The number of aliphatic hydroxyl groups is 2. The standard InChI is InChI=1S/C37H39Cl3N2O5/c1-24(34(44)28-8-4-3-5-9-28)42(2)22-31-20-33(27-14-12-25(23-43)13-15-27)47-35(46-31)29-18-16-26(17-19-29)32-11-7-6-10-30(32)21-41-36(45)37(38,39)40/h3-19,24,31,33-35,43-44H,20-23H2,1-2H3,(H,41,45)/t24-,31-,33+,34-,35+/m0/s1. The molecule has 0 saturated carbocycles. The number of nitrogens with one attached hydrogen (secondary N) is 1. The number of hydrogen-bond donors (Lipinski definition) is 3. The lowest BCUT2D eigenvalue weighted by molar-refractivity contribution is -0.253. The van der Waals surface area contributed by atoms with E-state index < -0.39 is 22.1 Å². The van der Waals surface area contributed by atoms with Crippen molar-refractivity contribution >= 4 is 40.7 Å². The maximum Gasteiger partial charge on any atom is 0.272 e. The Morgan fingerprint density at radius 1 is 0.915 bits per heavy atom. The average molecular weight is 698 g/mol. The van der Waals surface area contributed by atoms with E-state index in [9.17, 15) is 15.0 Å². The van der Waals surface area contributed by atoms with Gasteiger partial charge in [0.2, 0.25) is 0 Å². The van der Waals surface area contributed by atoms with Crippen LogP contribution in [0.15, 0.2) is 103 Å². The zero-order chi connectivity index (χ0) is 33.6. The molecular weight excluding hydrogens is 659 g/mol. The van der Waals surface area contributed by atoms with Crippen molar-refractivity contribution < 1.29 is 24.5 Å². The van der Waals surface area contributed by atoms with E-state index in [1.807, 2.05) is 117 Å². The molecule has 1 heterocycles. The van der Waals surface area contributed by atoms with Gasteiger partial charge in [-0.15, -0.1) is 0 Å². The molecule has 4 aromatic rings. The number of alkyl halides is 3. The summed E-state index contributed by atoms with van der Waals surface area (Å²) in [6.45, 7) is 2.77. The number of halogens is 3. The highest BCUT2D eigenvalue weighted by molar-refractivity contribution is 6.76. The van der Waals surface area contributed by atoms with Gasteiger partial charge >= 0.3 is 0 Å². The monoisotopic (exact) mass is 696 g/mol. The molecule has 1 saturated heterocycles. The first-order valence-electron chi connectivity index (χ1n) is 15.5. The van der Waals surface area contributed by atoms with Crippen LogP contribution in [0.1, 0.15) is 59.7 Å². The van der Waals surface area contributed by atoms with Crippen molar-refractivity contribution in [3.8, 4) is 11.1 Å². The van der Waals surface area contributed by atoms with E-state index >= 15 is 0 Å². The molecule has 1 aliphatic rings. The minimum absolute atomic E-state index is 0.0264. The van der Waals surface area contributed by atoms with Crippen molar-refractivity contribution in [1.82, 2.24) is 10.2 Å². The Labute approximate surface area is 291 Å². The lowest BCUT2D eigenvalue weighted by Gasteiger charge is -2.39. The van der Waals surface area contributed by atoms with Crippen LogP contribution >= 0.6 is 34.8 Å². The number of hydrogen-bond acceptors (Lipinski definition) is 6. The van der Waals surface area contributed by atoms with E-state index in [1.165, 1.54) is 0 Å². The van der Waals surface area contributed by atoms with Crippen molar-refractivity contribution in [3.05, 3.63) is 131 Å². The van der Waals surface area contributed by atoms with Crippen LogP contribution in [0, 0.1) is 0 Å². The van der Waals surface area contributed by atoms with E-state index in [2.05, 4.69) is 10.2 Å². The second-order valence-electron chi connectivity index (χ2n) is 11.8. The normalized spacial score (nSPS) is 19.7. The van der Waals surface area contributed by atoms with Crippen LogP contribution in [0.2, 0.25) is 0 Å². The number of aliphatic hydroxyl groups excluding tert-OH is 2. The number of rotatable bonds is 11. The quantitative estimate of drug-likeness (QED) is 0.141. The van der Waals surface area contributed by atoms with Crippen molar-refractivity contribution in [3.63, 3.8) is 0 Å². The van der Waals surface area contributed by atoms with Crippen molar-refractivity contribution in [2.75, 3.05) is 13.6 Å². The molecule has 7 nitrogen and oxygen atoms in total. The summed E-state index contributed by atoms with van der Waals surface area (Å²) >= 11 is 17.2. The predicted molar refractivity (Wildman–Crippen MR) is 186 cm³/mol. The molecular formula is C37H39Cl3N2O5. The molecule has 0 spiro atoms. The molecule has 0 aromatic heterocycles. The first kappa shape index (κ1) is 35.3. The van der Waals surface area contributed by atoms with Gasteiger partial charge in [-0.25, -0.2) is 0 Å². The molecule has 10 heteroatoms. The second kappa shape index (κ2) is 15.9. The minimum atomic E-state index is -2.04. The fraction of sp³-hybridized carbons (Fsp3) is 0.324. The van der Waals surface area contributed by atoms with Gasteiger partial charge in [-0.05, 0) is 47.4 Å². The van der Waals surface area contributed by atoms with E-state index in [0.717, 1.165) is 38.9 Å². The van der Waals surface area contributed by atoms with Crippen LogP contribution in [-0.4, -0.2) is 50.6 Å². The van der Waals surface area contributed by atoms with Crippen LogP contribution in [0.25, 0.3) is 11.1 Å². The Hall–Kier alpha value is -2.98. The van der Waals surface area contributed by atoms with Crippen LogP contribution in [0.5, 0.6) is 0 Å². The van der Waals surface area contributed by atoms with Gasteiger partial charge < -0.3 is 25.0 Å². The van der Waals surface area contributed by atoms with Crippen LogP contribution in [0.3, 0.4) is 0 Å². The fourth-order valence-electron chi connectivity index (χ4n) is 5.74. The zero-order valence-electron chi connectivity index (χ0n) is 26.2. The van der Waals surface area contributed by atoms with Crippen LogP contribution in [0.4, 0.5) is 0 Å². The van der Waals surface area contributed by atoms with Crippen molar-refractivity contribution in [1.29, 1.82) is 0 Å². The van der Waals surface area contributed by atoms with Gasteiger partial charge in [-0.2, -0.15) is 0 Å². The molecule has 5 rings (SSSR count). The molecule has 1 aliphatic heterocycles. The third kappa shape index (κ3) is 9.13. The summed E-state index contributed by atoms with van der Waals surface area (Å²) in [5, 5.41) is 23.3. The summed E-state index contributed by atoms with van der Waals surface area (Å²) in [4.78, 5) is 14.3. The maximum atomic E-state index is 12.1.